The van der Waals surface area contributed by atoms with Gasteiger partial charge in [-0.05, 0) is 32.4 Å². The van der Waals surface area contributed by atoms with Gasteiger partial charge in [0.15, 0.2) is 0 Å². The maximum absolute atomic E-state index is 11.7. The van der Waals surface area contributed by atoms with Gasteiger partial charge in [-0.3, -0.25) is 4.79 Å². The predicted molar refractivity (Wildman–Crippen MR) is 66.0 cm³/mol. The summed E-state index contributed by atoms with van der Waals surface area (Å²) in [6, 6.07) is 0.324. The standard InChI is InChI=1S/C11H22N2OS/c1-4-15-9-7-5-6-8(9)13-10(14)11(2,3)12/h8-9H,4-7,12H2,1-3H3,(H,13,14). The fourth-order valence-corrected chi connectivity index (χ4v) is 3.06. The van der Waals surface area contributed by atoms with Crippen LogP contribution in [0, 0.1) is 0 Å². The molecule has 0 aliphatic heterocycles. The lowest BCUT2D eigenvalue weighted by Crippen LogP contribution is -2.53. The largest absolute Gasteiger partial charge is 0.351 e. The van der Waals surface area contributed by atoms with Crippen LogP contribution in [0.5, 0.6) is 0 Å². The van der Waals surface area contributed by atoms with Crippen LogP contribution in [0.1, 0.15) is 40.0 Å². The third kappa shape index (κ3) is 3.68. The van der Waals surface area contributed by atoms with Crippen LogP contribution in [0.3, 0.4) is 0 Å². The highest BCUT2D eigenvalue weighted by molar-refractivity contribution is 7.99. The summed E-state index contributed by atoms with van der Waals surface area (Å²) in [6.07, 6.45) is 3.53. The molecule has 0 heterocycles. The third-order valence-corrected chi connectivity index (χ3v) is 4.06. The number of nitrogens with two attached hydrogens (primary N) is 1. The monoisotopic (exact) mass is 230 g/mol. The number of hydrogen-bond acceptors (Lipinski definition) is 3. The molecular weight excluding hydrogens is 208 g/mol. The molecule has 0 bridgehead atoms. The van der Waals surface area contributed by atoms with Crippen LogP contribution in [0.25, 0.3) is 0 Å². The zero-order chi connectivity index (χ0) is 11.5. The molecule has 3 nitrogen and oxygen atoms in total. The first-order valence-electron chi connectivity index (χ1n) is 5.66. The fraction of sp³-hybridized carbons (Fsp3) is 0.909. The van der Waals surface area contributed by atoms with Crippen molar-refractivity contribution >= 4 is 17.7 Å². The van der Waals surface area contributed by atoms with E-state index in [1.54, 1.807) is 13.8 Å². The van der Waals surface area contributed by atoms with Crippen LogP contribution < -0.4 is 11.1 Å². The van der Waals surface area contributed by atoms with Crippen molar-refractivity contribution < 1.29 is 4.79 Å². The molecule has 4 heteroatoms. The highest BCUT2D eigenvalue weighted by Crippen LogP contribution is 2.30. The second-order valence-corrected chi connectivity index (χ2v) is 6.24. The van der Waals surface area contributed by atoms with E-state index >= 15 is 0 Å². The summed E-state index contributed by atoms with van der Waals surface area (Å²) in [7, 11) is 0. The first-order chi connectivity index (χ1) is 6.95. The van der Waals surface area contributed by atoms with Crippen LogP contribution in [0.15, 0.2) is 0 Å². The van der Waals surface area contributed by atoms with Gasteiger partial charge in [0.05, 0.1) is 5.54 Å². The quantitative estimate of drug-likeness (QED) is 0.770. The summed E-state index contributed by atoms with van der Waals surface area (Å²) >= 11 is 1.94. The first kappa shape index (κ1) is 12.8. The number of hydrogen-bond donors (Lipinski definition) is 2. The normalized spacial score (nSPS) is 26.7. The molecule has 1 fully saturated rings. The Morgan fingerprint density at radius 3 is 2.73 bits per heavy atom. The molecule has 15 heavy (non-hydrogen) atoms. The van der Waals surface area contributed by atoms with Gasteiger partial charge in [0, 0.05) is 11.3 Å². The van der Waals surface area contributed by atoms with Gasteiger partial charge in [0.2, 0.25) is 5.91 Å². The molecule has 1 aliphatic carbocycles. The molecule has 3 N–H and O–H groups in total. The van der Waals surface area contributed by atoms with Crippen molar-refractivity contribution in [2.24, 2.45) is 5.73 Å². The van der Waals surface area contributed by atoms with E-state index < -0.39 is 5.54 Å². The summed E-state index contributed by atoms with van der Waals surface area (Å²) < 4.78 is 0. The molecule has 1 amide bonds. The van der Waals surface area contributed by atoms with Crippen molar-refractivity contribution in [1.29, 1.82) is 0 Å². The minimum absolute atomic E-state index is 0.0314. The number of amides is 1. The van der Waals surface area contributed by atoms with E-state index in [0.29, 0.717) is 11.3 Å². The molecule has 0 aromatic rings. The summed E-state index contributed by atoms with van der Waals surface area (Å²) in [5.41, 5.74) is 5.00. The van der Waals surface area contributed by atoms with Crippen LogP contribution in [-0.2, 0) is 4.79 Å². The van der Waals surface area contributed by atoms with Crippen molar-refractivity contribution in [3.63, 3.8) is 0 Å². The Hall–Kier alpha value is -0.220. The van der Waals surface area contributed by atoms with Crippen molar-refractivity contribution in [3.05, 3.63) is 0 Å². The average molecular weight is 230 g/mol. The summed E-state index contributed by atoms with van der Waals surface area (Å²) in [5.74, 6) is 1.08. The minimum Gasteiger partial charge on any atom is -0.351 e. The summed E-state index contributed by atoms with van der Waals surface area (Å²) in [5, 5.41) is 3.65. The molecule has 2 atom stereocenters. The number of carbonyl (C=O) groups excluding carboxylic acids is 1. The van der Waals surface area contributed by atoms with Crippen molar-refractivity contribution in [2.45, 2.75) is 56.9 Å². The first-order valence-corrected chi connectivity index (χ1v) is 6.71. The highest BCUT2D eigenvalue weighted by Gasteiger charge is 2.31. The number of nitrogens with one attached hydrogen (secondary N) is 1. The molecule has 0 aromatic heterocycles. The molecule has 1 saturated carbocycles. The molecule has 0 saturated heterocycles. The molecule has 1 aliphatic rings. The third-order valence-electron chi connectivity index (χ3n) is 2.74. The van der Waals surface area contributed by atoms with Gasteiger partial charge in [-0.15, -0.1) is 0 Å². The summed E-state index contributed by atoms with van der Waals surface area (Å²) in [6.45, 7) is 5.66. The van der Waals surface area contributed by atoms with Gasteiger partial charge in [0.1, 0.15) is 0 Å². The lowest BCUT2D eigenvalue weighted by atomic mass is 10.1. The van der Waals surface area contributed by atoms with Crippen LogP contribution in [-0.4, -0.2) is 28.5 Å². The van der Waals surface area contributed by atoms with Gasteiger partial charge < -0.3 is 11.1 Å². The SMILES string of the molecule is CCSC1CCCC1NC(=O)C(C)(C)N. The van der Waals surface area contributed by atoms with Crippen LogP contribution >= 0.6 is 11.8 Å². The lowest BCUT2D eigenvalue weighted by molar-refractivity contribution is -0.125. The van der Waals surface area contributed by atoms with Crippen molar-refractivity contribution in [3.8, 4) is 0 Å². The van der Waals surface area contributed by atoms with Gasteiger partial charge >= 0.3 is 0 Å². The molecule has 2 unspecified atom stereocenters. The molecule has 0 spiro atoms. The summed E-state index contributed by atoms with van der Waals surface area (Å²) in [4.78, 5) is 11.7. The molecule has 0 radical (unpaired) electrons. The molecule has 0 aromatic carbocycles. The predicted octanol–water partition coefficient (Wildman–Crippen LogP) is 1.51. The topological polar surface area (TPSA) is 55.1 Å². The number of thioether (sulfide) groups is 1. The Balaban J connectivity index is 2.47. The molecule has 88 valence electrons. The Labute approximate surface area is 96.6 Å². The van der Waals surface area contributed by atoms with E-state index in [9.17, 15) is 4.79 Å². The van der Waals surface area contributed by atoms with Gasteiger partial charge in [-0.2, -0.15) is 11.8 Å². The van der Waals surface area contributed by atoms with Gasteiger partial charge in [0.25, 0.3) is 0 Å². The van der Waals surface area contributed by atoms with Gasteiger partial charge in [-0.1, -0.05) is 13.3 Å². The number of carbonyl (C=O) groups is 1. The Bertz CT molecular complexity index is 225. The minimum atomic E-state index is -0.760. The van der Waals surface area contributed by atoms with Crippen LogP contribution in [0.4, 0.5) is 0 Å². The maximum atomic E-state index is 11.7. The van der Waals surface area contributed by atoms with Gasteiger partial charge in [-0.25, -0.2) is 0 Å². The van der Waals surface area contributed by atoms with E-state index in [1.807, 2.05) is 11.8 Å². The lowest BCUT2D eigenvalue weighted by Gasteiger charge is -2.25. The maximum Gasteiger partial charge on any atom is 0.239 e. The van der Waals surface area contributed by atoms with E-state index in [-0.39, 0.29) is 5.91 Å². The highest BCUT2D eigenvalue weighted by atomic mass is 32.2. The van der Waals surface area contributed by atoms with Crippen molar-refractivity contribution in [1.82, 2.24) is 5.32 Å². The smallest absolute Gasteiger partial charge is 0.239 e. The molecule has 1 rings (SSSR count). The van der Waals surface area contributed by atoms with Crippen LogP contribution in [0.2, 0.25) is 0 Å². The van der Waals surface area contributed by atoms with E-state index in [0.717, 1.165) is 12.2 Å². The zero-order valence-corrected chi connectivity index (χ0v) is 10.7. The van der Waals surface area contributed by atoms with E-state index in [1.165, 1.54) is 12.8 Å². The Kier molecular flexibility index (Phi) is 4.46. The fourth-order valence-electron chi connectivity index (χ4n) is 1.86. The van der Waals surface area contributed by atoms with Crippen molar-refractivity contribution in [2.75, 3.05) is 5.75 Å². The Morgan fingerprint density at radius 1 is 1.53 bits per heavy atom. The zero-order valence-electron chi connectivity index (χ0n) is 9.88. The Morgan fingerprint density at radius 2 is 2.20 bits per heavy atom. The second-order valence-electron chi connectivity index (χ2n) is 4.73. The second kappa shape index (κ2) is 5.21. The number of rotatable bonds is 4. The molecular formula is C11H22N2OS. The average Bonchev–Trinajstić information content (AvgIpc) is 2.52. The van der Waals surface area contributed by atoms with E-state index in [4.69, 9.17) is 5.73 Å². The van der Waals surface area contributed by atoms with E-state index in [2.05, 4.69) is 12.2 Å².